The predicted molar refractivity (Wildman–Crippen MR) is 64.1 cm³/mol. The Labute approximate surface area is 104 Å². The van der Waals surface area contributed by atoms with E-state index in [2.05, 4.69) is 5.10 Å². The van der Waals surface area contributed by atoms with Gasteiger partial charge in [0.05, 0.1) is 6.20 Å². The SMILES string of the molecule is Cc1cnn(CC(=O)N2CCC(=O)CC2)c(=O)c1. The first kappa shape index (κ1) is 12.5. The minimum Gasteiger partial charge on any atom is -0.340 e. The summed E-state index contributed by atoms with van der Waals surface area (Å²) < 4.78 is 1.14. The number of aryl methyl sites for hydroxylation is 1. The van der Waals surface area contributed by atoms with Crippen molar-refractivity contribution >= 4 is 11.7 Å². The van der Waals surface area contributed by atoms with Crippen LogP contribution in [-0.4, -0.2) is 39.5 Å². The van der Waals surface area contributed by atoms with Gasteiger partial charge in [-0.25, -0.2) is 4.68 Å². The number of aromatic nitrogens is 2. The number of carbonyl (C=O) groups excluding carboxylic acids is 2. The van der Waals surface area contributed by atoms with Crippen LogP contribution in [0.2, 0.25) is 0 Å². The van der Waals surface area contributed by atoms with Crippen molar-refractivity contribution in [1.29, 1.82) is 0 Å². The maximum atomic E-state index is 11.9. The average molecular weight is 249 g/mol. The smallest absolute Gasteiger partial charge is 0.267 e. The Morgan fingerprint density at radius 1 is 1.33 bits per heavy atom. The van der Waals surface area contributed by atoms with Crippen molar-refractivity contribution in [2.24, 2.45) is 0 Å². The summed E-state index contributed by atoms with van der Waals surface area (Å²) in [7, 11) is 0. The van der Waals surface area contributed by atoms with Crippen LogP contribution in [0, 0.1) is 6.92 Å². The largest absolute Gasteiger partial charge is 0.340 e. The predicted octanol–water partition coefficient (Wildman–Crippen LogP) is -0.257. The maximum absolute atomic E-state index is 11.9. The standard InChI is InChI=1S/C12H15N3O3/c1-9-6-11(17)15(13-7-9)8-12(18)14-4-2-10(16)3-5-14/h6-7H,2-5,8H2,1H3. The van der Waals surface area contributed by atoms with E-state index in [1.165, 1.54) is 6.07 Å². The maximum Gasteiger partial charge on any atom is 0.267 e. The number of ketones is 1. The second-order valence-corrected chi connectivity index (χ2v) is 4.45. The van der Waals surface area contributed by atoms with Gasteiger partial charge in [0.1, 0.15) is 12.3 Å². The Morgan fingerprint density at radius 2 is 2.00 bits per heavy atom. The lowest BCUT2D eigenvalue weighted by atomic mass is 10.1. The molecule has 1 aliphatic heterocycles. The van der Waals surface area contributed by atoms with Gasteiger partial charge in [0.15, 0.2) is 0 Å². The van der Waals surface area contributed by atoms with Crippen LogP contribution in [-0.2, 0) is 16.1 Å². The van der Waals surface area contributed by atoms with Crippen molar-refractivity contribution in [3.05, 3.63) is 28.2 Å². The topological polar surface area (TPSA) is 72.3 Å². The first-order valence-electron chi connectivity index (χ1n) is 5.89. The minimum absolute atomic E-state index is 0.0622. The number of carbonyl (C=O) groups is 2. The first-order chi connectivity index (χ1) is 8.56. The van der Waals surface area contributed by atoms with Gasteiger partial charge in [0.25, 0.3) is 5.56 Å². The Bertz CT molecular complexity index is 526. The molecule has 1 aromatic rings. The number of likely N-dealkylation sites (tertiary alicyclic amines) is 1. The lowest BCUT2D eigenvalue weighted by Crippen LogP contribution is -2.42. The molecule has 0 atom stereocenters. The molecule has 1 saturated heterocycles. The number of rotatable bonds is 2. The quantitative estimate of drug-likeness (QED) is 0.724. The summed E-state index contributed by atoms with van der Waals surface area (Å²) in [4.78, 5) is 36.2. The van der Waals surface area contributed by atoms with Gasteiger partial charge in [0.2, 0.25) is 5.91 Å². The van der Waals surface area contributed by atoms with Crippen LogP contribution in [0.5, 0.6) is 0 Å². The Kier molecular flexibility index (Phi) is 3.55. The fourth-order valence-corrected chi connectivity index (χ4v) is 1.88. The molecule has 0 unspecified atom stereocenters. The van der Waals surface area contributed by atoms with E-state index < -0.39 is 0 Å². The van der Waals surface area contributed by atoms with Gasteiger partial charge in [0, 0.05) is 32.0 Å². The van der Waals surface area contributed by atoms with Gasteiger partial charge in [-0.1, -0.05) is 0 Å². The average Bonchev–Trinajstić information content (AvgIpc) is 2.33. The molecule has 6 nitrogen and oxygen atoms in total. The van der Waals surface area contributed by atoms with Gasteiger partial charge in [-0.05, 0) is 12.5 Å². The molecule has 6 heteroatoms. The molecule has 1 aromatic heterocycles. The molecule has 1 amide bonds. The molecule has 2 rings (SSSR count). The van der Waals surface area contributed by atoms with Crippen molar-refractivity contribution in [1.82, 2.24) is 14.7 Å². The van der Waals surface area contributed by atoms with E-state index in [9.17, 15) is 14.4 Å². The summed E-state index contributed by atoms with van der Waals surface area (Å²) in [6.45, 7) is 2.60. The zero-order valence-corrected chi connectivity index (χ0v) is 10.3. The van der Waals surface area contributed by atoms with Gasteiger partial charge in [-0.15, -0.1) is 0 Å². The third-order valence-corrected chi connectivity index (χ3v) is 2.97. The molecule has 0 radical (unpaired) electrons. The van der Waals surface area contributed by atoms with Gasteiger partial charge in [-0.2, -0.15) is 5.10 Å². The van der Waals surface area contributed by atoms with Crippen molar-refractivity contribution in [2.45, 2.75) is 26.3 Å². The third kappa shape index (κ3) is 2.82. The van der Waals surface area contributed by atoms with Crippen LogP contribution in [0.4, 0.5) is 0 Å². The molecule has 1 aliphatic rings. The molecule has 0 aliphatic carbocycles. The lowest BCUT2D eigenvalue weighted by Gasteiger charge is -2.26. The Morgan fingerprint density at radius 3 is 2.61 bits per heavy atom. The zero-order chi connectivity index (χ0) is 13.1. The molecule has 0 bridgehead atoms. The van der Waals surface area contributed by atoms with Crippen molar-refractivity contribution < 1.29 is 9.59 Å². The summed E-state index contributed by atoms with van der Waals surface area (Å²) in [6, 6.07) is 1.44. The van der Waals surface area contributed by atoms with Crippen LogP contribution in [0.25, 0.3) is 0 Å². The second kappa shape index (κ2) is 5.12. The highest BCUT2D eigenvalue weighted by molar-refractivity contribution is 5.83. The highest BCUT2D eigenvalue weighted by Gasteiger charge is 2.21. The third-order valence-electron chi connectivity index (χ3n) is 2.97. The van der Waals surface area contributed by atoms with E-state index in [4.69, 9.17) is 0 Å². The van der Waals surface area contributed by atoms with E-state index in [-0.39, 0.29) is 23.8 Å². The van der Waals surface area contributed by atoms with Crippen molar-refractivity contribution in [3.8, 4) is 0 Å². The zero-order valence-electron chi connectivity index (χ0n) is 10.3. The van der Waals surface area contributed by atoms with Crippen LogP contribution >= 0.6 is 0 Å². The van der Waals surface area contributed by atoms with E-state index in [1.54, 1.807) is 18.0 Å². The highest BCUT2D eigenvalue weighted by atomic mass is 16.2. The first-order valence-corrected chi connectivity index (χ1v) is 5.89. The van der Waals surface area contributed by atoms with Gasteiger partial charge < -0.3 is 4.90 Å². The molecule has 0 aromatic carbocycles. The number of amides is 1. The van der Waals surface area contributed by atoms with Crippen LogP contribution in [0.3, 0.4) is 0 Å². The molecular weight excluding hydrogens is 234 g/mol. The number of nitrogens with zero attached hydrogens (tertiary/aromatic N) is 3. The fourth-order valence-electron chi connectivity index (χ4n) is 1.88. The monoisotopic (exact) mass is 249 g/mol. The summed E-state index contributed by atoms with van der Waals surface area (Å²) in [5.41, 5.74) is 0.490. The number of Topliss-reactive ketones (excluding diaryl/α,β-unsaturated/α-hetero) is 1. The van der Waals surface area contributed by atoms with Crippen LogP contribution in [0.15, 0.2) is 17.1 Å². The second-order valence-electron chi connectivity index (χ2n) is 4.45. The molecule has 18 heavy (non-hydrogen) atoms. The summed E-state index contributed by atoms with van der Waals surface area (Å²) in [5.74, 6) is 0.0191. The fraction of sp³-hybridized carbons (Fsp3) is 0.500. The Hall–Kier alpha value is -1.98. The normalized spacial score (nSPS) is 15.8. The highest BCUT2D eigenvalue weighted by Crippen LogP contribution is 2.06. The molecular formula is C12H15N3O3. The van der Waals surface area contributed by atoms with E-state index in [1.807, 2.05) is 0 Å². The van der Waals surface area contributed by atoms with E-state index in [0.717, 1.165) is 10.2 Å². The Balaban J connectivity index is 2.03. The molecule has 2 heterocycles. The number of hydrogen-bond acceptors (Lipinski definition) is 4. The lowest BCUT2D eigenvalue weighted by molar-refractivity contribution is -0.135. The summed E-state index contributed by atoms with van der Waals surface area (Å²) >= 11 is 0. The minimum atomic E-state index is -0.281. The summed E-state index contributed by atoms with van der Waals surface area (Å²) in [6.07, 6.45) is 2.36. The number of hydrogen-bond donors (Lipinski definition) is 0. The van der Waals surface area contributed by atoms with Crippen LogP contribution in [0.1, 0.15) is 18.4 Å². The van der Waals surface area contributed by atoms with Crippen molar-refractivity contribution in [3.63, 3.8) is 0 Å². The molecule has 0 spiro atoms. The molecule has 0 saturated carbocycles. The van der Waals surface area contributed by atoms with E-state index >= 15 is 0 Å². The van der Waals surface area contributed by atoms with Crippen LogP contribution < -0.4 is 5.56 Å². The molecule has 1 fully saturated rings. The van der Waals surface area contributed by atoms with Crippen molar-refractivity contribution in [2.75, 3.05) is 13.1 Å². The van der Waals surface area contributed by atoms with Gasteiger partial charge >= 0.3 is 0 Å². The van der Waals surface area contributed by atoms with Gasteiger partial charge in [-0.3, -0.25) is 14.4 Å². The molecule has 0 N–H and O–H groups in total. The number of piperidine rings is 1. The summed E-state index contributed by atoms with van der Waals surface area (Å²) in [5, 5.41) is 3.92. The van der Waals surface area contributed by atoms with E-state index in [0.29, 0.717) is 25.9 Å². The molecule has 96 valence electrons.